The fourth-order valence-electron chi connectivity index (χ4n) is 3.77. The second-order valence-corrected chi connectivity index (χ2v) is 8.94. The lowest BCUT2D eigenvalue weighted by atomic mass is 9.85. The highest BCUT2D eigenvalue weighted by Gasteiger charge is 2.29. The van der Waals surface area contributed by atoms with Gasteiger partial charge in [-0.3, -0.25) is 9.36 Å². The van der Waals surface area contributed by atoms with Crippen LogP contribution in [0.3, 0.4) is 0 Å². The molecule has 6 nitrogen and oxygen atoms in total. The maximum atomic E-state index is 14.2. The van der Waals surface area contributed by atoms with Crippen LogP contribution in [-0.4, -0.2) is 32.0 Å². The Morgan fingerprint density at radius 3 is 2.48 bits per heavy atom. The molecule has 0 fully saturated rings. The molecule has 0 spiro atoms. The average Bonchev–Trinajstić information content (AvgIpc) is 3.14. The summed E-state index contributed by atoms with van der Waals surface area (Å²) in [7, 11) is 0. The molecule has 0 aliphatic carbocycles. The van der Waals surface area contributed by atoms with Crippen LogP contribution >= 0.6 is 0 Å². The highest BCUT2D eigenvalue weighted by molar-refractivity contribution is 5.78. The lowest BCUT2D eigenvalue weighted by Gasteiger charge is -2.24. The van der Waals surface area contributed by atoms with Gasteiger partial charge in [-0.2, -0.15) is 0 Å². The molecule has 0 aliphatic heterocycles. The molecule has 7 heteroatoms. The molecule has 0 aliphatic rings. The molecule has 31 heavy (non-hydrogen) atoms. The van der Waals surface area contributed by atoms with Gasteiger partial charge in [-0.15, -0.1) is 6.58 Å². The van der Waals surface area contributed by atoms with Crippen molar-refractivity contribution in [3.63, 3.8) is 0 Å². The lowest BCUT2D eigenvalue weighted by Crippen LogP contribution is -2.25. The summed E-state index contributed by atoms with van der Waals surface area (Å²) >= 11 is 0. The van der Waals surface area contributed by atoms with E-state index in [2.05, 4.69) is 33.8 Å². The van der Waals surface area contributed by atoms with E-state index in [1.54, 1.807) is 6.20 Å². The summed E-state index contributed by atoms with van der Waals surface area (Å²) in [5.74, 6) is 0.432. The van der Waals surface area contributed by atoms with Crippen molar-refractivity contribution in [2.75, 3.05) is 11.9 Å². The molecule has 0 radical (unpaired) electrons. The fraction of sp³-hybridized carbons (Fsp3) is 0.583. The normalized spacial score (nSPS) is 11.5. The topological polar surface area (TPSA) is 72.7 Å². The van der Waals surface area contributed by atoms with Gasteiger partial charge >= 0.3 is 0 Å². The Labute approximate surface area is 185 Å². The van der Waals surface area contributed by atoms with Crippen molar-refractivity contribution in [3.05, 3.63) is 36.2 Å². The van der Waals surface area contributed by atoms with E-state index < -0.39 is 11.2 Å². The quantitative estimate of drug-likeness (QED) is 0.323. The maximum absolute atomic E-state index is 14.2. The predicted molar refractivity (Wildman–Crippen MR) is 124 cm³/mol. The molecule has 1 N–H and O–H groups in total. The summed E-state index contributed by atoms with van der Waals surface area (Å²) < 4.78 is 15.8. The van der Waals surface area contributed by atoms with Gasteiger partial charge < -0.3 is 5.32 Å². The summed E-state index contributed by atoms with van der Waals surface area (Å²) in [5.41, 5.74) is 1.06. The van der Waals surface area contributed by atoms with E-state index in [9.17, 15) is 9.18 Å². The summed E-state index contributed by atoms with van der Waals surface area (Å²) in [6.45, 7) is 14.3. The lowest BCUT2D eigenvalue weighted by molar-refractivity contribution is 0.0928. The van der Waals surface area contributed by atoms with Gasteiger partial charge in [0.25, 0.3) is 0 Å². The molecule has 2 aromatic rings. The largest absolute Gasteiger partial charge is 0.368 e. The van der Waals surface area contributed by atoms with Crippen LogP contribution in [0.1, 0.15) is 90.2 Å². The first-order chi connectivity index (χ1) is 14.7. The van der Waals surface area contributed by atoms with E-state index in [-0.39, 0.29) is 11.7 Å². The number of allylic oxidation sites excluding steroid dienone is 1. The average molecular weight is 430 g/mol. The Morgan fingerprint density at radius 2 is 1.84 bits per heavy atom. The third-order valence-electron chi connectivity index (χ3n) is 5.19. The SMILES string of the molecule is C=C(C)CC(C)(C)c1nc(-c2ncc(F)c(NCCCCCCCC)n2)cn1C(C)=O. The molecule has 0 saturated heterocycles. The number of anilines is 1. The van der Waals surface area contributed by atoms with Gasteiger partial charge in [-0.05, 0) is 19.8 Å². The van der Waals surface area contributed by atoms with Crippen molar-refractivity contribution < 1.29 is 9.18 Å². The zero-order valence-corrected chi connectivity index (χ0v) is 19.6. The van der Waals surface area contributed by atoms with Crippen molar-refractivity contribution in [2.24, 2.45) is 0 Å². The molecule has 0 saturated carbocycles. The van der Waals surface area contributed by atoms with Gasteiger partial charge in [0.2, 0.25) is 5.91 Å². The first-order valence-corrected chi connectivity index (χ1v) is 11.2. The Bertz CT molecular complexity index is 903. The van der Waals surface area contributed by atoms with E-state index in [4.69, 9.17) is 0 Å². The van der Waals surface area contributed by atoms with E-state index >= 15 is 0 Å². The van der Waals surface area contributed by atoms with Crippen LogP contribution in [0, 0.1) is 5.82 Å². The molecule has 0 aromatic carbocycles. The molecule has 2 aromatic heterocycles. The molecule has 170 valence electrons. The van der Waals surface area contributed by atoms with E-state index in [1.807, 2.05) is 20.8 Å². The van der Waals surface area contributed by atoms with E-state index in [0.717, 1.165) is 24.6 Å². The fourth-order valence-corrected chi connectivity index (χ4v) is 3.77. The number of aromatic nitrogens is 4. The second kappa shape index (κ2) is 11.2. The van der Waals surface area contributed by atoms with Gasteiger partial charge in [0.15, 0.2) is 17.5 Å². The monoisotopic (exact) mass is 429 g/mol. The minimum Gasteiger partial charge on any atom is -0.368 e. The van der Waals surface area contributed by atoms with E-state index in [0.29, 0.717) is 30.3 Å². The summed E-state index contributed by atoms with van der Waals surface area (Å²) in [6, 6.07) is 0. The van der Waals surface area contributed by atoms with Crippen LogP contribution in [0.5, 0.6) is 0 Å². The molecule has 0 unspecified atom stereocenters. The molecule has 0 bridgehead atoms. The number of unbranched alkanes of at least 4 members (excludes halogenated alkanes) is 5. The maximum Gasteiger partial charge on any atom is 0.228 e. The first-order valence-electron chi connectivity index (χ1n) is 11.2. The van der Waals surface area contributed by atoms with Crippen molar-refractivity contribution >= 4 is 11.7 Å². The van der Waals surface area contributed by atoms with Crippen molar-refractivity contribution in [3.8, 4) is 11.5 Å². The number of imidazole rings is 1. The Balaban J connectivity index is 2.19. The van der Waals surface area contributed by atoms with Crippen molar-refractivity contribution in [1.82, 2.24) is 19.5 Å². The van der Waals surface area contributed by atoms with Crippen LogP contribution in [0.2, 0.25) is 0 Å². The number of hydrogen-bond donors (Lipinski definition) is 1. The standard InChI is InChI=1S/C24H36FN5O/c1-7-8-9-10-11-12-13-26-21-19(25)15-27-22(29-21)20-16-30(18(4)31)23(28-20)24(5,6)14-17(2)3/h15-16H,2,7-14H2,1,3-6H3,(H,26,27,29). The van der Waals surface area contributed by atoms with Crippen LogP contribution in [-0.2, 0) is 5.41 Å². The number of halogens is 1. The molecule has 0 amide bonds. The Kier molecular flexibility index (Phi) is 8.89. The molecule has 2 rings (SSSR count). The third kappa shape index (κ3) is 6.97. The number of carbonyl (C=O) groups is 1. The van der Waals surface area contributed by atoms with Crippen LogP contribution in [0.15, 0.2) is 24.5 Å². The molecular weight excluding hydrogens is 393 g/mol. The van der Waals surface area contributed by atoms with Crippen LogP contribution < -0.4 is 5.32 Å². The number of hydrogen-bond acceptors (Lipinski definition) is 5. The minimum absolute atomic E-state index is 0.146. The third-order valence-corrected chi connectivity index (χ3v) is 5.19. The Hall–Kier alpha value is -2.57. The smallest absolute Gasteiger partial charge is 0.228 e. The predicted octanol–water partition coefficient (Wildman–Crippen LogP) is 6.16. The number of carbonyl (C=O) groups excluding carboxylic acids is 1. The van der Waals surface area contributed by atoms with Gasteiger partial charge in [0.05, 0.1) is 6.20 Å². The number of rotatable bonds is 12. The molecular formula is C24H36FN5O. The molecule has 2 heterocycles. The zero-order valence-electron chi connectivity index (χ0n) is 19.6. The van der Waals surface area contributed by atoms with Crippen molar-refractivity contribution in [1.29, 1.82) is 0 Å². The van der Waals surface area contributed by atoms with E-state index in [1.165, 1.54) is 37.2 Å². The van der Waals surface area contributed by atoms with Gasteiger partial charge in [-0.25, -0.2) is 19.3 Å². The van der Waals surface area contributed by atoms with Gasteiger partial charge in [0.1, 0.15) is 11.5 Å². The summed E-state index contributed by atoms with van der Waals surface area (Å²) in [6.07, 6.45) is 10.4. The van der Waals surface area contributed by atoms with Crippen molar-refractivity contribution in [2.45, 2.75) is 85.0 Å². The highest BCUT2D eigenvalue weighted by Crippen LogP contribution is 2.31. The molecule has 0 atom stereocenters. The second-order valence-electron chi connectivity index (χ2n) is 8.94. The summed E-state index contributed by atoms with van der Waals surface area (Å²) in [4.78, 5) is 25.3. The van der Waals surface area contributed by atoms with Gasteiger partial charge in [-0.1, -0.05) is 58.4 Å². The van der Waals surface area contributed by atoms with Crippen LogP contribution in [0.4, 0.5) is 10.2 Å². The number of nitrogens with one attached hydrogen (secondary N) is 1. The zero-order chi connectivity index (χ0) is 23.0. The van der Waals surface area contributed by atoms with Crippen LogP contribution in [0.25, 0.3) is 11.5 Å². The Morgan fingerprint density at radius 1 is 1.16 bits per heavy atom. The van der Waals surface area contributed by atoms with Gasteiger partial charge in [0, 0.05) is 25.1 Å². The minimum atomic E-state index is -0.497. The highest BCUT2D eigenvalue weighted by atomic mass is 19.1. The summed E-state index contributed by atoms with van der Waals surface area (Å²) in [5, 5.41) is 3.08. The number of nitrogens with zero attached hydrogens (tertiary/aromatic N) is 4. The first kappa shape index (κ1) is 24.7.